The van der Waals surface area contributed by atoms with Crippen LogP contribution in [-0.4, -0.2) is 12.6 Å². The van der Waals surface area contributed by atoms with E-state index in [2.05, 4.69) is 0 Å². The second-order valence-electron chi connectivity index (χ2n) is 4.28. The molecule has 3 nitrogen and oxygen atoms in total. The van der Waals surface area contributed by atoms with Gasteiger partial charge >= 0.3 is 0 Å². The van der Waals surface area contributed by atoms with E-state index in [9.17, 15) is 4.39 Å². The van der Waals surface area contributed by atoms with Crippen molar-refractivity contribution >= 4 is 0 Å². The van der Waals surface area contributed by atoms with Gasteiger partial charge in [0.25, 0.3) is 0 Å². The fraction of sp³-hybridized carbons (Fsp3) is 0.538. The highest BCUT2D eigenvalue weighted by Crippen LogP contribution is 2.23. The molecule has 4 N–H and O–H groups in total. The van der Waals surface area contributed by atoms with Crippen LogP contribution in [-0.2, 0) is 0 Å². The van der Waals surface area contributed by atoms with Gasteiger partial charge in [-0.25, -0.2) is 4.39 Å². The molecule has 4 heteroatoms. The Morgan fingerprint density at radius 1 is 1.29 bits per heavy atom. The largest absolute Gasteiger partial charge is 0.491 e. The number of ether oxygens (including phenoxy) is 1. The average molecular weight is 240 g/mol. The van der Waals surface area contributed by atoms with Crippen LogP contribution in [0.4, 0.5) is 4.39 Å². The smallest absolute Gasteiger partial charge is 0.165 e. The van der Waals surface area contributed by atoms with Gasteiger partial charge in [-0.15, -0.1) is 0 Å². The summed E-state index contributed by atoms with van der Waals surface area (Å²) in [5.41, 5.74) is 12.4. The quantitative estimate of drug-likeness (QED) is 0.802. The molecule has 0 aliphatic heterocycles. The molecule has 0 radical (unpaired) electrons. The molecule has 2 unspecified atom stereocenters. The SMILES string of the molecule is CCOc1ccc(C(N)CCC(C)N)cc1F. The first-order valence-electron chi connectivity index (χ1n) is 5.98. The molecule has 17 heavy (non-hydrogen) atoms. The predicted octanol–water partition coefficient (Wildman–Crippen LogP) is 2.35. The molecule has 0 aromatic heterocycles. The summed E-state index contributed by atoms with van der Waals surface area (Å²) in [4.78, 5) is 0. The summed E-state index contributed by atoms with van der Waals surface area (Å²) in [5, 5.41) is 0. The van der Waals surface area contributed by atoms with Gasteiger partial charge in [0.05, 0.1) is 6.61 Å². The fourth-order valence-electron chi connectivity index (χ4n) is 1.63. The Hall–Kier alpha value is -1.13. The molecule has 0 heterocycles. The summed E-state index contributed by atoms with van der Waals surface area (Å²) >= 11 is 0. The van der Waals surface area contributed by atoms with E-state index in [1.165, 1.54) is 6.07 Å². The molecule has 0 saturated heterocycles. The van der Waals surface area contributed by atoms with E-state index in [0.29, 0.717) is 6.61 Å². The maximum atomic E-state index is 13.6. The van der Waals surface area contributed by atoms with Gasteiger partial charge in [0.15, 0.2) is 11.6 Å². The first kappa shape index (κ1) is 13.9. The van der Waals surface area contributed by atoms with E-state index >= 15 is 0 Å². The van der Waals surface area contributed by atoms with Crippen molar-refractivity contribution < 1.29 is 9.13 Å². The van der Waals surface area contributed by atoms with Crippen molar-refractivity contribution in [2.45, 2.75) is 38.8 Å². The summed E-state index contributed by atoms with van der Waals surface area (Å²) < 4.78 is 18.7. The van der Waals surface area contributed by atoms with Crippen LogP contribution in [0.3, 0.4) is 0 Å². The lowest BCUT2D eigenvalue weighted by Crippen LogP contribution is -2.19. The van der Waals surface area contributed by atoms with Gasteiger partial charge in [0.2, 0.25) is 0 Å². The zero-order chi connectivity index (χ0) is 12.8. The second kappa shape index (κ2) is 6.57. The standard InChI is InChI=1S/C13H21FN2O/c1-3-17-13-7-5-10(8-11(13)14)12(16)6-4-9(2)15/h5,7-9,12H,3-4,6,15-16H2,1-2H3. The number of hydrogen-bond acceptors (Lipinski definition) is 3. The van der Waals surface area contributed by atoms with Crippen LogP contribution < -0.4 is 16.2 Å². The van der Waals surface area contributed by atoms with Crippen molar-refractivity contribution in [3.8, 4) is 5.75 Å². The highest BCUT2D eigenvalue weighted by Gasteiger charge is 2.10. The van der Waals surface area contributed by atoms with Crippen LogP contribution in [0.15, 0.2) is 18.2 Å². The lowest BCUT2D eigenvalue weighted by molar-refractivity contribution is 0.321. The van der Waals surface area contributed by atoms with Gasteiger partial charge in [-0.05, 0) is 44.4 Å². The highest BCUT2D eigenvalue weighted by molar-refractivity contribution is 5.30. The molecule has 96 valence electrons. The third-order valence-electron chi connectivity index (χ3n) is 2.62. The first-order chi connectivity index (χ1) is 8.04. The number of rotatable bonds is 6. The minimum atomic E-state index is -0.361. The van der Waals surface area contributed by atoms with E-state index in [1.54, 1.807) is 12.1 Å². The molecule has 1 aromatic carbocycles. The van der Waals surface area contributed by atoms with Crippen molar-refractivity contribution in [3.05, 3.63) is 29.6 Å². The van der Waals surface area contributed by atoms with Crippen LogP contribution in [0.25, 0.3) is 0 Å². The van der Waals surface area contributed by atoms with Crippen LogP contribution in [0.2, 0.25) is 0 Å². The average Bonchev–Trinajstić information content (AvgIpc) is 2.28. The molecule has 0 saturated carbocycles. The molecule has 0 aliphatic rings. The summed E-state index contributed by atoms with van der Waals surface area (Å²) in [6.07, 6.45) is 1.58. The van der Waals surface area contributed by atoms with Crippen LogP contribution in [0, 0.1) is 5.82 Å². The minimum Gasteiger partial charge on any atom is -0.491 e. The maximum Gasteiger partial charge on any atom is 0.165 e. The summed E-state index contributed by atoms with van der Waals surface area (Å²) in [6, 6.07) is 4.82. The Bertz CT molecular complexity index is 355. The van der Waals surface area contributed by atoms with Crippen molar-refractivity contribution in [2.75, 3.05) is 6.61 Å². The normalized spacial score (nSPS) is 14.4. The molecule has 0 spiro atoms. The number of nitrogens with two attached hydrogens (primary N) is 2. The molecule has 0 aliphatic carbocycles. The zero-order valence-corrected chi connectivity index (χ0v) is 10.4. The van der Waals surface area contributed by atoms with E-state index in [0.717, 1.165) is 18.4 Å². The molecular weight excluding hydrogens is 219 g/mol. The van der Waals surface area contributed by atoms with Gasteiger partial charge in [0, 0.05) is 12.1 Å². The van der Waals surface area contributed by atoms with E-state index < -0.39 is 0 Å². The third-order valence-corrected chi connectivity index (χ3v) is 2.62. The van der Waals surface area contributed by atoms with Gasteiger partial charge < -0.3 is 16.2 Å². The van der Waals surface area contributed by atoms with Crippen LogP contribution >= 0.6 is 0 Å². The minimum absolute atomic E-state index is 0.119. The molecule has 2 atom stereocenters. The number of hydrogen-bond donors (Lipinski definition) is 2. The van der Waals surface area contributed by atoms with E-state index in [4.69, 9.17) is 16.2 Å². The Morgan fingerprint density at radius 2 is 2.00 bits per heavy atom. The molecule has 0 fully saturated rings. The lowest BCUT2D eigenvalue weighted by atomic mass is 10.0. The Kier molecular flexibility index (Phi) is 5.38. The first-order valence-corrected chi connectivity index (χ1v) is 5.98. The predicted molar refractivity (Wildman–Crippen MR) is 67.4 cm³/mol. The van der Waals surface area contributed by atoms with Gasteiger partial charge in [-0.3, -0.25) is 0 Å². The van der Waals surface area contributed by atoms with Crippen molar-refractivity contribution in [2.24, 2.45) is 11.5 Å². The van der Waals surface area contributed by atoms with Gasteiger partial charge in [0.1, 0.15) is 0 Å². The summed E-state index contributed by atoms with van der Waals surface area (Å²) in [7, 11) is 0. The van der Waals surface area contributed by atoms with Crippen LogP contribution in [0.1, 0.15) is 38.3 Å². The molecule has 0 bridgehead atoms. The van der Waals surface area contributed by atoms with Gasteiger partial charge in [-0.2, -0.15) is 0 Å². The number of benzene rings is 1. The highest BCUT2D eigenvalue weighted by atomic mass is 19.1. The Balaban J connectivity index is 2.68. The second-order valence-corrected chi connectivity index (χ2v) is 4.28. The molecule has 1 rings (SSSR count). The summed E-state index contributed by atoms with van der Waals surface area (Å²) in [6.45, 7) is 4.21. The van der Waals surface area contributed by atoms with Crippen LogP contribution in [0.5, 0.6) is 5.75 Å². The van der Waals surface area contributed by atoms with Gasteiger partial charge in [-0.1, -0.05) is 6.07 Å². The number of halogens is 1. The van der Waals surface area contributed by atoms with Crippen molar-refractivity contribution in [1.82, 2.24) is 0 Å². The Labute approximate surface area is 102 Å². The summed E-state index contributed by atoms with van der Waals surface area (Å²) in [5.74, 6) is -0.0868. The van der Waals surface area contributed by atoms with Crippen molar-refractivity contribution in [3.63, 3.8) is 0 Å². The monoisotopic (exact) mass is 240 g/mol. The van der Waals surface area contributed by atoms with E-state index in [-0.39, 0.29) is 23.7 Å². The lowest BCUT2D eigenvalue weighted by Gasteiger charge is -2.14. The van der Waals surface area contributed by atoms with Crippen molar-refractivity contribution in [1.29, 1.82) is 0 Å². The van der Waals surface area contributed by atoms with E-state index in [1.807, 2.05) is 13.8 Å². The third kappa shape index (κ3) is 4.32. The topological polar surface area (TPSA) is 61.3 Å². The maximum absolute atomic E-state index is 13.6. The molecular formula is C13H21FN2O. The zero-order valence-electron chi connectivity index (χ0n) is 10.4. The fourth-order valence-corrected chi connectivity index (χ4v) is 1.63. The molecule has 0 amide bonds. The Morgan fingerprint density at radius 3 is 2.53 bits per heavy atom. The molecule has 1 aromatic rings.